The van der Waals surface area contributed by atoms with Gasteiger partial charge in [0, 0.05) is 100 Å². The number of rotatable bonds is 19. The summed E-state index contributed by atoms with van der Waals surface area (Å²) in [6, 6.07) is 6.18. The van der Waals surface area contributed by atoms with Crippen LogP contribution in [0.25, 0.3) is 10.8 Å². The molecule has 96 heavy (non-hydrogen) atoms. The zero-order valence-corrected chi connectivity index (χ0v) is 57.0. The number of allylic oxidation sites excluding steroid dienone is 2. The number of hydrogen-bond acceptors (Lipinski definition) is 21. The molecule has 5 aliphatic rings. The van der Waals surface area contributed by atoms with Crippen LogP contribution in [0.3, 0.4) is 0 Å². The second-order valence-corrected chi connectivity index (χ2v) is 29.3. The standard InChI is InChI=1S/C64H86N8O22P2/c1-32(2)31-72-25-23-64(24-26-72)70-51-47-48-55(79)38(8)59-49(47)60(81)63(10,94-59)91-27-22-41(90-11)35(5)58(92-39(9)73)37(7)54(78)36(6)57(33(3)16-15-17-34(4)61(82)69-53(56(48)80)52(51)71-64)93-45(77)30-66-43(75)28-67-62(83)50(40-18-13-12-14-19-40)68-44(76)29-65-42(74)20-21-46(95(84,85)86)96(87,88)89/h12-19,22,27,32-33,35-37,41,46,50,54,57-58,78-80H,20-21,23-26,28-31H2,1-11H3,(H,65,74)(H,66,75)(H,67,83)(H,68,76)(H,69,82)(H2,84,85,86)(H2,87,88,89)/b16-15+,27-22+,34-17-/t33-,35+,36-,37+,41-,50+,54+,57-,58+,63-/m0/s1. The molecule has 0 radical (unpaired) electrons. The number of piperidine rings is 1. The second-order valence-electron chi connectivity index (χ2n) is 25.3. The Hall–Kier alpha value is -7.92. The molecule has 3 aromatic carbocycles. The predicted molar refractivity (Wildman–Crippen MR) is 345 cm³/mol. The number of amides is 5. The molecule has 5 aliphatic heterocycles. The van der Waals surface area contributed by atoms with Gasteiger partial charge in [0.25, 0.3) is 11.7 Å². The molecular weight excluding hydrogens is 1290 g/mol. The Balaban J connectivity index is 1.15. The maximum absolute atomic E-state index is 15.0. The first-order valence-corrected chi connectivity index (χ1v) is 34.6. The molecule has 524 valence electrons. The van der Waals surface area contributed by atoms with Crippen LogP contribution < -0.4 is 42.0 Å². The lowest BCUT2D eigenvalue weighted by molar-refractivity contribution is -0.165. The Kier molecular flexibility index (Phi) is 24.4. The zero-order chi connectivity index (χ0) is 71.1. The minimum absolute atomic E-state index is 0.0369. The van der Waals surface area contributed by atoms with E-state index in [4.69, 9.17) is 33.7 Å². The van der Waals surface area contributed by atoms with E-state index < -0.39 is 177 Å². The Morgan fingerprint density at radius 3 is 2.03 bits per heavy atom. The second kappa shape index (κ2) is 31.1. The third-order valence-electron chi connectivity index (χ3n) is 17.5. The number of carbonyl (C=O) groups excluding carboxylic acids is 8. The van der Waals surface area contributed by atoms with Gasteiger partial charge in [0.05, 0.1) is 47.9 Å². The number of Topliss-reactive ketones (excluding diaryl/α,β-unsaturated/α-hetero) is 1. The number of methoxy groups -OCH3 is 1. The number of phenols is 2. The minimum Gasteiger partial charge on any atom is -0.507 e. The number of nitrogens with zero attached hydrogens (tertiary/aromatic N) is 3. The number of aliphatic hydroxyl groups excluding tert-OH is 1. The van der Waals surface area contributed by atoms with Gasteiger partial charge in [0.1, 0.15) is 47.3 Å². The van der Waals surface area contributed by atoms with E-state index in [9.17, 15) is 82.4 Å². The smallest absolute Gasteiger partial charge is 0.340 e. The third kappa shape index (κ3) is 17.6. The average molecular weight is 1380 g/mol. The van der Waals surface area contributed by atoms with Crippen molar-refractivity contribution >= 4 is 78.9 Å². The molecule has 0 saturated carbocycles. The van der Waals surface area contributed by atoms with Crippen LogP contribution in [0.15, 0.2) is 76.5 Å². The monoisotopic (exact) mass is 1380 g/mol. The maximum Gasteiger partial charge on any atom is 0.340 e. The summed E-state index contributed by atoms with van der Waals surface area (Å²) in [5, 5.41) is 46.4. The number of ketones is 1. The molecule has 8 rings (SSSR count). The van der Waals surface area contributed by atoms with Gasteiger partial charge in [0.2, 0.25) is 23.6 Å². The Bertz CT molecular complexity index is 3800. The van der Waals surface area contributed by atoms with Crippen LogP contribution in [0, 0.1) is 36.5 Å². The fraction of sp³-hybridized carbons (Fsp3) is 0.531. The van der Waals surface area contributed by atoms with Crippen molar-refractivity contribution in [1.29, 1.82) is 0 Å². The van der Waals surface area contributed by atoms with E-state index >= 15 is 0 Å². The molecule has 5 amide bonds. The van der Waals surface area contributed by atoms with Crippen LogP contribution in [0.4, 0.5) is 5.69 Å². The fourth-order valence-electron chi connectivity index (χ4n) is 12.3. The average Bonchev–Trinajstić information content (AvgIpc) is 1.51. The molecule has 5 heterocycles. The summed E-state index contributed by atoms with van der Waals surface area (Å²) in [5.74, 6) is -13.2. The summed E-state index contributed by atoms with van der Waals surface area (Å²) < 4.78 is 53.6. The number of aliphatic hydroxyl groups is 1. The van der Waals surface area contributed by atoms with Gasteiger partial charge in [-0.1, -0.05) is 90.1 Å². The SMILES string of the molecule is CO[C@H]1/C=C/O[C@@]2(C)Oc3c(C)c(O)c4c(O)c(c5c(c4c3C2=O)=NC2(CCN(CC(C)C)CC2)N=5)NC(=O)/C(C)=C\C=C\[C@H](C)[C@H](OC(=O)CNC(=O)CNC(=O)[C@H](NC(=O)CNC(=O)CCC(P(=O)(O)O)P(=O)(O)O)c2ccccc2)[C@@H](C)[C@@H](O)[C@@H](C)[C@H](OC(C)=O)[C@@H]1C. The summed E-state index contributed by atoms with van der Waals surface area (Å²) in [6.45, 7) is 16.1. The van der Waals surface area contributed by atoms with Crippen LogP contribution in [-0.2, 0) is 61.6 Å². The number of nitrogens with one attached hydrogen (secondary N) is 5. The Morgan fingerprint density at radius 2 is 1.42 bits per heavy atom. The van der Waals surface area contributed by atoms with Crippen molar-refractivity contribution in [3.8, 4) is 17.2 Å². The number of benzene rings is 3. The molecule has 1 fully saturated rings. The fourth-order valence-corrected chi connectivity index (χ4v) is 14.8. The van der Waals surface area contributed by atoms with E-state index in [0.717, 1.165) is 6.54 Å². The van der Waals surface area contributed by atoms with Crippen molar-refractivity contribution in [3.63, 3.8) is 0 Å². The number of hydrogen-bond donors (Lipinski definition) is 12. The van der Waals surface area contributed by atoms with E-state index in [1.165, 1.54) is 71.4 Å². The Morgan fingerprint density at radius 1 is 0.802 bits per heavy atom. The number of esters is 2. The van der Waals surface area contributed by atoms with E-state index in [-0.39, 0.29) is 55.2 Å². The highest BCUT2D eigenvalue weighted by Gasteiger charge is 2.51. The first kappa shape index (κ1) is 75.5. The van der Waals surface area contributed by atoms with Crippen molar-refractivity contribution in [2.24, 2.45) is 39.6 Å². The van der Waals surface area contributed by atoms with Gasteiger partial charge in [-0.3, -0.25) is 57.5 Å². The molecule has 1 spiro atoms. The highest BCUT2D eigenvalue weighted by Crippen LogP contribution is 2.61. The number of anilines is 1. The molecule has 30 nitrogen and oxygen atoms in total. The van der Waals surface area contributed by atoms with Crippen LogP contribution in [-0.4, -0.2) is 175 Å². The van der Waals surface area contributed by atoms with Gasteiger partial charge in [-0.25, -0.2) is 0 Å². The molecule has 0 unspecified atom stereocenters. The quantitative estimate of drug-likeness (QED) is 0.0466. The van der Waals surface area contributed by atoms with Crippen LogP contribution >= 0.6 is 15.2 Å². The van der Waals surface area contributed by atoms with E-state index in [2.05, 4.69) is 45.3 Å². The van der Waals surface area contributed by atoms with Gasteiger partial charge in [0.15, 0.2) is 16.8 Å². The number of carbonyl (C=O) groups is 8. The van der Waals surface area contributed by atoms with E-state index in [1.807, 2.05) is 0 Å². The number of aromatic hydroxyl groups is 2. The molecular formula is C64H86N8O22P2. The summed E-state index contributed by atoms with van der Waals surface area (Å²) in [5.41, 5.74) is -0.915. The highest BCUT2D eigenvalue weighted by molar-refractivity contribution is 7.70. The summed E-state index contributed by atoms with van der Waals surface area (Å²) in [7, 11) is -9.27. The largest absolute Gasteiger partial charge is 0.507 e. The van der Waals surface area contributed by atoms with Crippen molar-refractivity contribution in [1.82, 2.24) is 26.2 Å². The summed E-state index contributed by atoms with van der Waals surface area (Å²) in [4.78, 5) is 159. The Labute approximate surface area is 553 Å². The molecule has 5 bridgehead atoms. The zero-order valence-electron chi connectivity index (χ0n) is 55.2. The highest BCUT2D eigenvalue weighted by atomic mass is 31.2. The first-order valence-electron chi connectivity index (χ1n) is 31.3. The maximum atomic E-state index is 15.0. The summed E-state index contributed by atoms with van der Waals surface area (Å²) >= 11 is 0. The minimum atomic E-state index is -5.33. The molecule has 0 aliphatic carbocycles. The van der Waals surface area contributed by atoms with Gasteiger partial charge in [-0.05, 0) is 37.8 Å². The van der Waals surface area contributed by atoms with Crippen LogP contribution in [0.5, 0.6) is 17.2 Å². The van der Waals surface area contributed by atoms with Crippen molar-refractivity contribution in [2.45, 2.75) is 142 Å². The van der Waals surface area contributed by atoms with Crippen molar-refractivity contribution in [2.75, 3.05) is 51.7 Å². The van der Waals surface area contributed by atoms with Gasteiger partial charge >= 0.3 is 32.9 Å². The third-order valence-corrected chi connectivity index (χ3v) is 21.4. The van der Waals surface area contributed by atoms with E-state index in [1.54, 1.807) is 52.0 Å². The lowest BCUT2D eigenvalue weighted by Gasteiger charge is -2.39. The molecule has 10 atom stereocenters. The topological polar surface area (TPSA) is 447 Å². The number of ether oxygens (including phenoxy) is 5. The lowest BCUT2D eigenvalue weighted by Crippen LogP contribution is -2.48. The van der Waals surface area contributed by atoms with Gasteiger partial charge in [-0.15, -0.1) is 0 Å². The first-order chi connectivity index (χ1) is 44.9. The number of phenolic OH excluding ortho intramolecular Hbond substituents is 2. The van der Waals surface area contributed by atoms with Gasteiger partial charge in [-0.2, -0.15) is 0 Å². The van der Waals surface area contributed by atoms with Crippen LogP contribution in [0.2, 0.25) is 0 Å². The van der Waals surface area contributed by atoms with Gasteiger partial charge < -0.3 is 90.1 Å². The normalized spacial score (nSPS) is 25.4. The molecule has 3 aromatic rings. The van der Waals surface area contributed by atoms with E-state index in [0.29, 0.717) is 31.8 Å². The molecule has 1 saturated heterocycles. The predicted octanol–water partition coefficient (Wildman–Crippen LogP) is 2.97. The number of fused-ring (bicyclic) bond motifs is 13. The lowest BCUT2D eigenvalue weighted by atomic mass is 9.78. The van der Waals surface area contributed by atoms with Crippen LogP contribution in [0.1, 0.15) is 116 Å². The molecule has 12 N–H and O–H groups in total. The van der Waals surface area contributed by atoms with Crippen molar-refractivity contribution < 1.29 is 106 Å². The summed E-state index contributed by atoms with van der Waals surface area (Å²) in [6.07, 6.45) is 1.64. The number of likely N-dealkylation sites (tertiary alicyclic amines) is 1. The van der Waals surface area contributed by atoms with Crippen molar-refractivity contribution in [3.05, 3.63) is 93.9 Å². The molecule has 0 aromatic heterocycles. The molecule has 32 heteroatoms.